The maximum absolute atomic E-state index is 6.14. The van der Waals surface area contributed by atoms with Gasteiger partial charge in [0.2, 0.25) is 0 Å². The molecule has 0 bridgehead atoms. The van der Waals surface area contributed by atoms with Crippen LogP contribution in [0, 0.1) is 13.8 Å². The fraction of sp³-hybridized carbons (Fsp3) is 0.188. The van der Waals surface area contributed by atoms with E-state index >= 15 is 0 Å². The number of nitrogens with two attached hydrogens (primary N) is 1. The molecule has 0 atom stereocenters. The van der Waals surface area contributed by atoms with Gasteiger partial charge in [-0.25, -0.2) is 4.99 Å². The number of benzene rings is 2. The van der Waals surface area contributed by atoms with E-state index in [2.05, 4.69) is 11.1 Å². The van der Waals surface area contributed by atoms with Crippen molar-refractivity contribution in [2.75, 3.05) is 0 Å². The van der Waals surface area contributed by atoms with Crippen LogP contribution in [-0.2, 0) is 5.75 Å². The fourth-order valence-corrected chi connectivity index (χ4v) is 3.05. The highest BCUT2D eigenvalue weighted by molar-refractivity contribution is 8.13. The number of halogens is 2. The summed E-state index contributed by atoms with van der Waals surface area (Å²) in [6.07, 6.45) is 0. The van der Waals surface area contributed by atoms with Gasteiger partial charge in [0.15, 0.2) is 5.17 Å². The molecule has 0 aliphatic heterocycles. The molecule has 0 saturated carbocycles. The quantitative estimate of drug-likeness (QED) is 0.593. The first-order valence-electron chi connectivity index (χ1n) is 6.44. The smallest absolute Gasteiger partial charge is 0.159 e. The van der Waals surface area contributed by atoms with Gasteiger partial charge in [-0.3, -0.25) is 0 Å². The molecule has 2 nitrogen and oxygen atoms in total. The van der Waals surface area contributed by atoms with Crippen molar-refractivity contribution < 1.29 is 0 Å². The van der Waals surface area contributed by atoms with Gasteiger partial charge in [0, 0.05) is 15.8 Å². The Labute approximate surface area is 139 Å². The third kappa shape index (κ3) is 4.67. The normalized spacial score (nSPS) is 11.7. The number of amidine groups is 1. The molecule has 2 rings (SSSR count). The monoisotopic (exact) mass is 338 g/mol. The van der Waals surface area contributed by atoms with Gasteiger partial charge in [-0.2, -0.15) is 0 Å². The lowest BCUT2D eigenvalue weighted by molar-refractivity contribution is 1.35. The van der Waals surface area contributed by atoms with E-state index in [1.165, 1.54) is 11.8 Å². The van der Waals surface area contributed by atoms with Gasteiger partial charge in [-0.15, -0.1) is 0 Å². The van der Waals surface area contributed by atoms with Crippen LogP contribution in [-0.4, -0.2) is 5.17 Å². The lowest BCUT2D eigenvalue weighted by atomic mass is 10.1. The second-order valence-electron chi connectivity index (χ2n) is 4.76. The summed E-state index contributed by atoms with van der Waals surface area (Å²) in [4.78, 5) is 4.47. The number of nitrogens with zero attached hydrogens (tertiary/aromatic N) is 1. The van der Waals surface area contributed by atoms with E-state index in [1.54, 1.807) is 6.07 Å². The third-order valence-corrected chi connectivity index (χ3v) is 4.42. The summed E-state index contributed by atoms with van der Waals surface area (Å²) in [5.74, 6) is 0.663. The second-order valence-corrected chi connectivity index (χ2v) is 6.60. The summed E-state index contributed by atoms with van der Waals surface area (Å²) in [5.41, 5.74) is 10.2. The molecule has 0 saturated heterocycles. The predicted molar refractivity (Wildman–Crippen MR) is 95.0 cm³/mol. The Bertz CT molecular complexity index is 684. The molecule has 0 aliphatic rings. The van der Waals surface area contributed by atoms with Crippen molar-refractivity contribution >= 4 is 45.8 Å². The Morgan fingerprint density at radius 2 is 1.90 bits per heavy atom. The first-order chi connectivity index (χ1) is 9.95. The minimum atomic E-state index is 0.523. The van der Waals surface area contributed by atoms with Gasteiger partial charge in [-0.1, -0.05) is 53.2 Å². The molecular weight excluding hydrogens is 323 g/mol. The van der Waals surface area contributed by atoms with Gasteiger partial charge >= 0.3 is 0 Å². The Morgan fingerprint density at radius 3 is 2.62 bits per heavy atom. The third-order valence-electron chi connectivity index (χ3n) is 2.99. The van der Waals surface area contributed by atoms with E-state index in [0.717, 1.165) is 22.4 Å². The number of hydrogen-bond donors (Lipinski definition) is 1. The van der Waals surface area contributed by atoms with Crippen LogP contribution in [0.3, 0.4) is 0 Å². The van der Waals surface area contributed by atoms with Gasteiger partial charge < -0.3 is 5.73 Å². The Morgan fingerprint density at radius 1 is 1.14 bits per heavy atom. The number of aryl methyl sites for hydroxylation is 2. The SMILES string of the molecule is Cc1ccc(C)c(N=C(N)SCc2ccc(Cl)cc2Cl)c1. The summed E-state index contributed by atoms with van der Waals surface area (Å²) in [6, 6.07) is 11.6. The number of hydrogen-bond acceptors (Lipinski definition) is 2. The molecule has 0 unspecified atom stereocenters. The largest absolute Gasteiger partial charge is 0.378 e. The highest BCUT2D eigenvalue weighted by Gasteiger charge is 2.04. The molecule has 2 aromatic carbocycles. The van der Waals surface area contributed by atoms with Gasteiger partial charge in [0.25, 0.3) is 0 Å². The number of rotatable bonds is 3. The van der Waals surface area contributed by atoms with Gasteiger partial charge in [0.05, 0.1) is 5.69 Å². The van der Waals surface area contributed by atoms with Crippen molar-refractivity contribution in [3.8, 4) is 0 Å². The summed E-state index contributed by atoms with van der Waals surface area (Å²) < 4.78 is 0. The van der Waals surface area contributed by atoms with Crippen LogP contribution in [0.5, 0.6) is 0 Å². The molecule has 0 amide bonds. The van der Waals surface area contributed by atoms with Crippen LogP contribution in [0.15, 0.2) is 41.4 Å². The molecule has 0 radical (unpaired) electrons. The molecule has 0 aliphatic carbocycles. The number of thioether (sulfide) groups is 1. The van der Waals surface area contributed by atoms with Crippen molar-refractivity contribution in [3.05, 3.63) is 63.1 Å². The van der Waals surface area contributed by atoms with E-state index in [-0.39, 0.29) is 0 Å². The molecule has 2 N–H and O–H groups in total. The van der Waals surface area contributed by atoms with Crippen LogP contribution >= 0.6 is 35.0 Å². The highest BCUT2D eigenvalue weighted by Crippen LogP contribution is 2.26. The van der Waals surface area contributed by atoms with Crippen molar-refractivity contribution in [1.82, 2.24) is 0 Å². The van der Waals surface area contributed by atoms with E-state index in [4.69, 9.17) is 28.9 Å². The van der Waals surface area contributed by atoms with Crippen molar-refractivity contribution in [3.63, 3.8) is 0 Å². The highest BCUT2D eigenvalue weighted by atomic mass is 35.5. The van der Waals surface area contributed by atoms with Crippen molar-refractivity contribution in [2.45, 2.75) is 19.6 Å². The zero-order valence-corrected chi connectivity index (χ0v) is 14.2. The molecular formula is C16H16Cl2N2S. The minimum absolute atomic E-state index is 0.523. The summed E-state index contributed by atoms with van der Waals surface area (Å²) >= 11 is 13.5. The fourth-order valence-electron chi connectivity index (χ4n) is 1.78. The summed E-state index contributed by atoms with van der Waals surface area (Å²) in [5, 5.41) is 1.80. The minimum Gasteiger partial charge on any atom is -0.378 e. The predicted octanol–water partition coefficient (Wildman–Crippen LogP) is 5.49. The van der Waals surface area contributed by atoms with Crippen molar-refractivity contribution in [1.29, 1.82) is 0 Å². The first kappa shape index (κ1) is 16.2. The van der Waals surface area contributed by atoms with E-state index in [1.807, 2.05) is 38.1 Å². The lowest BCUT2D eigenvalue weighted by Crippen LogP contribution is -2.06. The van der Waals surface area contributed by atoms with Crippen molar-refractivity contribution in [2.24, 2.45) is 10.7 Å². The molecule has 0 aromatic heterocycles. The molecule has 0 spiro atoms. The van der Waals surface area contributed by atoms with Crippen LogP contribution < -0.4 is 5.73 Å². The lowest BCUT2D eigenvalue weighted by Gasteiger charge is -2.06. The maximum Gasteiger partial charge on any atom is 0.159 e. The average molecular weight is 339 g/mol. The molecule has 5 heteroatoms. The van der Waals surface area contributed by atoms with Gasteiger partial charge in [0.1, 0.15) is 0 Å². The first-order valence-corrected chi connectivity index (χ1v) is 8.18. The zero-order chi connectivity index (χ0) is 15.4. The molecule has 2 aromatic rings. The van der Waals surface area contributed by atoms with E-state index in [0.29, 0.717) is 21.0 Å². The molecule has 0 fully saturated rings. The van der Waals surface area contributed by atoms with E-state index in [9.17, 15) is 0 Å². The summed E-state index contributed by atoms with van der Waals surface area (Å²) in [7, 11) is 0. The zero-order valence-electron chi connectivity index (χ0n) is 11.9. The Balaban J connectivity index is 2.09. The van der Waals surface area contributed by atoms with Crippen LogP contribution in [0.4, 0.5) is 5.69 Å². The Kier molecular flexibility index (Phi) is 5.57. The Hall–Kier alpha value is -1.16. The van der Waals surface area contributed by atoms with Crippen LogP contribution in [0.2, 0.25) is 10.0 Å². The standard InChI is InChI=1S/C16H16Cl2N2S/c1-10-3-4-11(2)15(7-10)20-16(19)21-9-12-5-6-13(17)8-14(12)18/h3-8H,9H2,1-2H3,(H2,19,20). The summed E-state index contributed by atoms with van der Waals surface area (Å²) in [6.45, 7) is 4.06. The van der Waals surface area contributed by atoms with E-state index < -0.39 is 0 Å². The molecule has 110 valence electrons. The molecule has 0 heterocycles. The topological polar surface area (TPSA) is 38.4 Å². The van der Waals surface area contributed by atoms with Crippen LogP contribution in [0.1, 0.15) is 16.7 Å². The average Bonchev–Trinajstić information content (AvgIpc) is 2.42. The second kappa shape index (κ2) is 7.21. The van der Waals surface area contributed by atoms with Crippen LogP contribution in [0.25, 0.3) is 0 Å². The molecule has 21 heavy (non-hydrogen) atoms. The van der Waals surface area contributed by atoms with Gasteiger partial charge in [-0.05, 0) is 48.7 Å². The maximum atomic E-state index is 6.14. The number of aliphatic imine (C=N–C) groups is 1.